The van der Waals surface area contributed by atoms with Gasteiger partial charge in [-0.1, -0.05) is 0 Å². The van der Waals surface area contributed by atoms with Crippen molar-refractivity contribution < 1.29 is 4.74 Å². The highest BCUT2D eigenvalue weighted by molar-refractivity contribution is 5.38. The lowest BCUT2D eigenvalue weighted by Gasteiger charge is -2.06. The van der Waals surface area contributed by atoms with Crippen LogP contribution in [-0.2, 0) is 4.74 Å². The van der Waals surface area contributed by atoms with Gasteiger partial charge in [-0.2, -0.15) is 10.1 Å². The fourth-order valence-corrected chi connectivity index (χ4v) is 1.30. The molecule has 0 atom stereocenters. The van der Waals surface area contributed by atoms with Crippen molar-refractivity contribution in [1.82, 2.24) is 15.2 Å². The molecule has 1 aromatic rings. The Morgan fingerprint density at radius 3 is 3.12 bits per heavy atom. The molecular weight excluding hydrogens is 206 g/mol. The van der Waals surface area contributed by atoms with Gasteiger partial charge in [0.25, 0.3) is 0 Å². The van der Waals surface area contributed by atoms with Crippen molar-refractivity contribution in [2.24, 2.45) is 0 Å². The summed E-state index contributed by atoms with van der Waals surface area (Å²) in [6.07, 6.45) is 5.03. The number of nitrogens with one attached hydrogen (secondary N) is 2. The first kappa shape index (κ1) is 11.1. The van der Waals surface area contributed by atoms with Crippen LogP contribution < -0.4 is 10.6 Å². The maximum atomic E-state index is 4.96. The van der Waals surface area contributed by atoms with Crippen molar-refractivity contribution in [2.45, 2.75) is 25.3 Å². The van der Waals surface area contributed by atoms with E-state index in [1.54, 1.807) is 13.3 Å². The number of methoxy groups -OCH3 is 1. The van der Waals surface area contributed by atoms with Crippen LogP contribution in [0.3, 0.4) is 0 Å². The van der Waals surface area contributed by atoms with Crippen molar-refractivity contribution in [3.05, 3.63) is 6.20 Å². The largest absolute Gasteiger partial charge is 0.385 e. The number of hydrogen-bond donors (Lipinski definition) is 2. The monoisotopic (exact) mass is 223 g/mol. The first-order valence-electron chi connectivity index (χ1n) is 5.57. The van der Waals surface area contributed by atoms with E-state index >= 15 is 0 Å². The van der Waals surface area contributed by atoms with Crippen molar-refractivity contribution in [3.63, 3.8) is 0 Å². The lowest BCUT2D eigenvalue weighted by atomic mass is 10.4. The summed E-state index contributed by atoms with van der Waals surface area (Å²) >= 11 is 0. The molecule has 1 aliphatic rings. The summed E-state index contributed by atoms with van der Waals surface area (Å²) in [6, 6.07) is 0.582. The van der Waals surface area contributed by atoms with Crippen molar-refractivity contribution in [2.75, 3.05) is 30.9 Å². The molecule has 16 heavy (non-hydrogen) atoms. The number of ether oxygens (including phenoxy) is 1. The van der Waals surface area contributed by atoms with Crippen LogP contribution in [0, 0.1) is 0 Å². The average Bonchev–Trinajstić information content (AvgIpc) is 3.09. The van der Waals surface area contributed by atoms with Gasteiger partial charge in [0.1, 0.15) is 0 Å². The summed E-state index contributed by atoms with van der Waals surface area (Å²) in [5, 5.41) is 14.2. The summed E-state index contributed by atoms with van der Waals surface area (Å²) < 4.78 is 4.96. The third-order valence-corrected chi connectivity index (χ3v) is 2.30. The van der Waals surface area contributed by atoms with Gasteiger partial charge in [0.2, 0.25) is 5.95 Å². The van der Waals surface area contributed by atoms with Crippen molar-refractivity contribution in [3.8, 4) is 0 Å². The van der Waals surface area contributed by atoms with E-state index < -0.39 is 0 Å². The summed E-state index contributed by atoms with van der Waals surface area (Å²) in [5.74, 6) is 1.37. The molecule has 88 valence electrons. The van der Waals surface area contributed by atoms with Crippen molar-refractivity contribution >= 4 is 11.8 Å². The normalized spacial score (nSPS) is 14.8. The quantitative estimate of drug-likeness (QED) is 0.669. The van der Waals surface area contributed by atoms with E-state index in [0.717, 1.165) is 25.4 Å². The van der Waals surface area contributed by atoms with Crippen LogP contribution in [0.25, 0.3) is 0 Å². The molecule has 6 nitrogen and oxygen atoms in total. The second-order valence-electron chi connectivity index (χ2n) is 3.86. The van der Waals surface area contributed by atoms with Gasteiger partial charge in [-0.05, 0) is 19.3 Å². The third kappa shape index (κ3) is 3.62. The van der Waals surface area contributed by atoms with Gasteiger partial charge in [0.05, 0.1) is 6.20 Å². The van der Waals surface area contributed by atoms with Gasteiger partial charge in [-0.3, -0.25) is 0 Å². The average molecular weight is 223 g/mol. The Kier molecular flexibility index (Phi) is 3.87. The predicted octanol–water partition coefficient (Wildman–Crippen LogP) is 0.894. The molecule has 0 aromatic carbocycles. The second-order valence-corrected chi connectivity index (χ2v) is 3.86. The molecule has 0 spiro atoms. The minimum Gasteiger partial charge on any atom is -0.385 e. The van der Waals surface area contributed by atoms with E-state index in [-0.39, 0.29) is 0 Å². The zero-order valence-corrected chi connectivity index (χ0v) is 9.44. The molecule has 1 aromatic heterocycles. The van der Waals surface area contributed by atoms with Gasteiger partial charge >= 0.3 is 0 Å². The molecule has 1 saturated carbocycles. The number of rotatable bonds is 7. The smallest absolute Gasteiger partial charge is 0.244 e. The Hall–Kier alpha value is -1.43. The first-order valence-corrected chi connectivity index (χ1v) is 5.57. The van der Waals surface area contributed by atoms with Gasteiger partial charge in [-0.25, -0.2) is 0 Å². The van der Waals surface area contributed by atoms with E-state index in [0.29, 0.717) is 12.0 Å². The molecule has 0 saturated heterocycles. The molecule has 2 N–H and O–H groups in total. The Labute approximate surface area is 94.8 Å². The second kappa shape index (κ2) is 5.60. The van der Waals surface area contributed by atoms with Crippen LogP contribution in [0.1, 0.15) is 19.3 Å². The summed E-state index contributed by atoms with van der Waals surface area (Å²) in [4.78, 5) is 4.31. The molecule has 0 bridgehead atoms. The van der Waals surface area contributed by atoms with Crippen LogP contribution in [0.15, 0.2) is 6.20 Å². The maximum Gasteiger partial charge on any atom is 0.244 e. The van der Waals surface area contributed by atoms with Gasteiger partial charge in [0.15, 0.2) is 5.82 Å². The molecule has 0 amide bonds. The number of nitrogens with zero attached hydrogens (tertiary/aromatic N) is 3. The minimum absolute atomic E-state index is 0.571. The van der Waals surface area contributed by atoms with Gasteiger partial charge < -0.3 is 15.4 Å². The molecule has 1 aliphatic carbocycles. The molecule has 6 heteroatoms. The Balaban J connectivity index is 1.78. The van der Waals surface area contributed by atoms with Crippen molar-refractivity contribution in [1.29, 1.82) is 0 Å². The minimum atomic E-state index is 0.571. The molecule has 1 fully saturated rings. The third-order valence-electron chi connectivity index (χ3n) is 2.30. The number of aromatic nitrogens is 3. The maximum absolute atomic E-state index is 4.96. The van der Waals surface area contributed by atoms with Crippen LogP contribution >= 0.6 is 0 Å². The molecule has 0 unspecified atom stereocenters. The highest BCUT2D eigenvalue weighted by Crippen LogP contribution is 2.23. The molecule has 0 aliphatic heterocycles. The Morgan fingerprint density at radius 2 is 2.38 bits per heavy atom. The Bertz CT molecular complexity index is 329. The highest BCUT2D eigenvalue weighted by atomic mass is 16.5. The van der Waals surface area contributed by atoms with E-state index in [4.69, 9.17) is 4.74 Å². The van der Waals surface area contributed by atoms with E-state index in [2.05, 4.69) is 25.8 Å². The fourth-order valence-electron chi connectivity index (χ4n) is 1.30. The van der Waals surface area contributed by atoms with Crippen LogP contribution in [-0.4, -0.2) is 41.5 Å². The van der Waals surface area contributed by atoms with Crippen LogP contribution in [0.4, 0.5) is 11.8 Å². The van der Waals surface area contributed by atoms with E-state index in [1.165, 1.54) is 12.8 Å². The SMILES string of the molecule is COCCCNc1nncc(NC2CC2)n1. The van der Waals surface area contributed by atoms with Gasteiger partial charge in [0, 0.05) is 26.3 Å². The van der Waals surface area contributed by atoms with E-state index in [1.807, 2.05) is 0 Å². The lowest BCUT2D eigenvalue weighted by molar-refractivity contribution is 0.197. The zero-order chi connectivity index (χ0) is 11.2. The fraction of sp³-hybridized carbons (Fsp3) is 0.700. The molecule has 1 heterocycles. The van der Waals surface area contributed by atoms with Gasteiger partial charge in [-0.15, -0.1) is 5.10 Å². The lowest BCUT2D eigenvalue weighted by Crippen LogP contribution is -2.11. The Morgan fingerprint density at radius 1 is 1.50 bits per heavy atom. The number of anilines is 2. The number of hydrogen-bond acceptors (Lipinski definition) is 6. The van der Waals surface area contributed by atoms with E-state index in [9.17, 15) is 0 Å². The zero-order valence-electron chi connectivity index (χ0n) is 9.44. The van der Waals surface area contributed by atoms with Crippen LogP contribution in [0.2, 0.25) is 0 Å². The summed E-state index contributed by atoms with van der Waals surface area (Å²) in [6.45, 7) is 1.53. The topological polar surface area (TPSA) is 72.0 Å². The molecule has 2 rings (SSSR count). The summed E-state index contributed by atoms with van der Waals surface area (Å²) in [7, 11) is 1.69. The first-order chi connectivity index (χ1) is 7.88. The highest BCUT2D eigenvalue weighted by Gasteiger charge is 2.21. The summed E-state index contributed by atoms with van der Waals surface area (Å²) in [5.41, 5.74) is 0. The standard InChI is InChI=1S/C10H17N5O/c1-16-6-2-5-11-10-14-9(7-12-15-10)13-8-3-4-8/h7-8H,2-6H2,1H3,(H2,11,13,14,15). The predicted molar refractivity (Wildman–Crippen MR) is 61.5 cm³/mol. The van der Waals surface area contributed by atoms with Crippen LogP contribution in [0.5, 0.6) is 0 Å². The molecule has 0 radical (unpaired) electrons. The molecular formula is C10H17N5O.